The van der Waals surface area contributed by atoms with Crippen LogP contribution in [-0.2, 0) is 10.0 Å². The van der Waals surface area contributed by atoms with Crippen LogP contribution in [0.5, 0.6) is 0 Å². The largest absolute Gasteiger partial charge is 0.463 e. The summed E-state index contributed by atoms with van der Waals surface area (Å²) in [5.41, 5.74) is 6.14. The number of aromatic nitrogens is 2. The molecular formula is C17H16N6O3S. The van der Waals surface area contributed by atoms with Crippen LogP contribution in [0, 0.1) is 11.3 Å². The zero-order valence-electron chi connectivity index (χ0n) is 14.1. The molecule has 0 bridgehead atoms. The lowest BCUT2D eigenvalue weighted by atomic mass is 10.2. The minimum atomic E-state index is -3.61. The zero-order chi connectivity index (χ0) is 19.3. The molecule has 0 aliphatic heterocycles. The van der Waals surface area contributed by atoms with E-state index in [1.165, 1.54) is 18.4 Å². The SMILES string of the molecule is N#Cc1c(NCCNS(=O)(=O)c2ccccc2)nc(N)nc1-c1ccco1. The molecule has 0 amide bonds. The molecule has 27 heavy (non-hydrogen) atoms. The molecule has 10 heteroatoms. The molecule has 0 fully saturated rings. The Morgan fingerprint density at radius 2 is 1.89 bits per heavy atom. The predicted molar refractivity (Wildman–Crippen MR) is 99.0 cm³/mol. The van der Waals surface area contributed by atoms with Crippen molar-refractivity contribution in [3.05, 3.63) is 54.3 Å². The van der Waals surface area contributed by atoms with E-state index in [9.17, 15) is 13.7 Å². The zero-order valence-corrected chi connectivity index (χ0v) is 14.9. The van der Waals surface area contributed by atoms with Crippen LogP contribution in [-0.4, -0.2) is 31.5 Å². The monoisotopic (exact) mass is 384 g/mol. The molecule has 3 aromatic rings. The highest BCUT2D eigenvalue weighted by Gasteiger charge is 2.17. The van der Waals surface area contributed by atoms with Gasteiger partial charge in [0.15, 0.2) is 5.76 Å². The van der Waals surface area contributed by atoms with E-state index in [-0.39, 0.29) is 41.0 Å². The van der Waals surface area contributed by atoms with Crippen LogP contribution in [0.2, 0.25) is 0 Å². The molecule has 0 aliphatic carbocycles. The van der Waals surface area contributed by atoms with Gasteiger partial charge in [-0.15, -0.1) is 0 Å². The summed E-state index contributed by atoms with van der Waals surface area (Å²) in [7, 11) is -3.61. The first-order valence-corrected chi connectivity index (χ1v) is 9.39. The second-order valence-corrected chi connectivity index (χ2v) is 7.15. The summed E-state index contributed by atoms with van der Waals surface area (Å²) < 4.78 is 32.1. The summed E-state index contributed by atoms with van der Waals surface area (Å²) in [4.78, 5) is 8.25. The summed E-state index contributed by atoms with van der Waals surface area (Å²) in [5.74, 6) is 0.552. The molecule has 0 aliphatic rings. The summed E-state index contributed by atoms with van der Waals surface area (Å²) in [5, 5.41) is 12.4. The van der Waals surface area contributed by atoms with E-state index in [0.29, 0.717) is 5.76 Å². The van der Waals surface area contributed by atoms with Crippen molar-refractivity contribution in [2.24, 2.45) is 0 Å². The lowest BCUT2D eigenvalue weighted by molar-refractivity contribution is 0.579. The van der Waals surface area contributed by atoms with E-state index in [1.54, 1.807) is 30.3 Å². The van der Waals surface area contributed by atoms with Crippen molar-refractivity contribution >= 4 is 21.8 Å². The molecule has 2 heterocycles. The van der Waals surface area contributed by atoms with E-state index in [1.807, 2.05) is 6.07 Å². The van der Waals surface area contributed by atoms with Gasteiger partial charge < -0.3 is 15.5 Å². The van der Waals surface area contributed by atoms with Crippen LogP contribution in [0.1, 0.15) is 5.56 Å². The fourth-order valence-corrected chi connectivity index (χ4v) is 3.41. The van der Waals surface area contributed by atoms with Crippen LogP contribution in [0.4, 0.5) is 11.8 Å². The van der Waals surface area contributed by atoms with Crippen LogP contribution < -0.4 is 15.8 Å². The third-order valence-electron chi connectivity index (χ3n) is 3.56. The highest BCUT2D eigenvalue weighted by atomic mass is 32.2. The molecule has 1 aromatic carbocycles. The second-order valence-electron chi connectivity index (χ2n) is 5.38. The topological polar surface area (TPSA) is 147 Å². The predicted octanol–water partition coefficient (Wildman–Crippen LogP) is 1.58. The number of benzene rings is 1. The van der Waals surface area contributed by atoms with Gasteiger partial charge in [0, 0.05) is 13.1 Å². The summed E-state index contributed by atoms with van der Waals surface area (Å²) in [6.07, 6.45) is 1.46. The molecule has 0 atom stereocenters. The van der Waals surface area contributed by atoms with Gasteiger partial charge in [-0.05, 0) is 24.3 Å². The number of nitrogens with one attached hydrogen (secondary N) is 2. The summed E-state index contributed by atoms with van der Waals surface area (Å²) >= 11 is 0. The average molecular weight is 384 g/mol. The van der Waals surface area contributed by atoms with Crippen LogP contribution in [0.3, 0.4) is 0 Å². The standard InChI is InChI=1S/C17H16N6O3S/c18-11-13-15(14-7-4-10-26-14)22-17(19)23-16(13)20-8-9-21-27(24,25)12-5-2-1-3-6-12/h1-7,10,21H,8-9H2,(H3,19,20,22,23). The summed E-state index contributed by atoms with van der Waals surface area (Å²) in [6, 6.07) is 13.4. The number of nitrogen functional groups attached to an aromatic ring is 1. The van der Waals surface area contributed by atoms with Crippen molar-refractivity contribution in [1.82, 2.24) is 14.7 Å². The molecule has 0 radical (unpaired) electrons. The number of anilines is 2. The van der Waals surface area contributed by atoms with Gasteiger partial charge in [0.2, 0.25) is 16.0 Å². The molecule has 0 unspecified atom stereocenters. The smallest absolute Gasteiger partial charge is 0.240 e. The Hall–Kier alpha value is -3.42. The Balaban J connectivity index is 1.71. The molecule has 138 valence electrons. The number of nitrogens with two attached hydrogens (primary N) is 1. The minimum Gasteiger partial charge on any atom is -0.463 e. The molecule has 0 saturated heterocycles. The number of nitriles is 1. The maximum atomic E-state index is 12.2. The Bertz CT molecular complexity index is 1060. The first-order chi connectivity index (χ1) is 13.0. The van der Waals surface area contributed by atoms with Gasteiger partial charge in [0.1, 0.15) is 23.1 Å². The number of rotatable bonds is 7. The molecule has 0 spiro atoms. The fraction of sp³-hybridized carbons (Fsp3) is 0.118. The third-order valence-corrected chi connectivity index (χ3v) is 5.03. The molecule has 0 saturated carbocycles. The number of furan rings is 1. The van der Waals surface area contributed by atoms with E-state index in [4.69, 9.17) is 10.2 Å². The van der Waals surface area contributed by atoms with E-state index < -0.39 is 10.0 Å². The lowest BCUT2D eigenvalue weighted by Crippen LogP contribution is -2.29. The number of hydrogen-bond acceptors (Lipinski definition) is 8. The lowest BCUT2D eigenvalue weighted by Gasteiger charge is -2.11. The van der Waals surface area contributed by atoms with Gasteiger partial charge in [-0.2, -0.15) is 10.2 Å². The van der Waals surface area contributed by atoms with E-state index in [2.05, 4.69) is 20.0 Å². The maximum Gasteiger partial charge on any atom is 0.240 e. The van der Waals surface area contributed by atoms with Crippen LogP contribution >= 0.6 is 0 Å². The van der Waals surface area contributed by atoms with Crippen LogP contribution in [0.25, 0.3) is 11.5 Å². The average Bonchev–Trinajstić information content (AvgIpc) is 3.20. The Kier molecular flexibility index (Phi) is 5.35. The quantitative estimate of drug-likeness (QED) is 0.520. The first kappa shape index (κ1) is 18.4. The molecule has 9 nitrogen and oxygen atoms in total. The third kappa shape index (κ3) is 4.22. The van der Waals surface area contributed by atoms with Gasteiger partial charge in [-0.1, -0.05) is 18.2 Å². The minimum absolute atomic E-state index is 0.0345. The van der Waals surface area contributed by atoms with Crippen molar-refractivity contribution < 1.29 is 12.8 Å². The Morgan fingerprint density at radius 1 is 1.11 bits per heavy atom. The van der Waals surface area contributed by atoms with Gasteiger partial charge in [0.05, 0.1) is 11.2 Å². The van der Waals surface area contributed by atoms with Gasteiger partial charge >= 0.3 is 0 Å². The highest BCUT2D eigenvalue weighted by molar-refractivity contribution is 7.89. The van der Waals surface area contributed by atoms with E-state index >= 15 is 0 Å². The fourth-order valence-electron chi connectivity index (χ4n) is 2.35. The Morgan fingerprint density at radius 3 is 2.56 bits per heavy atom. The van der Waals surface area contributed by atoms with Crippen molar-refractivity contribution in [1.29, 1.82) is 5.26 Å². The normalized spacial score (nSPS) is 11.1. The first-order valence-electron chi connectivity index (χ1n) is 7.91. The number of nitrogens with zero attached hydrogens (tertiary/aromatic N) is 3. The van der Waals surface area contributed by atoms with Crippen molar-refractivity contribution in [3.63, 3.8) is 0 Å². The molecule has 3 rings (SSSR count). The molecular weight excluding hydrogens is 368 g/mol. The molecule has 4 N–H and O–H groups in total. The second kappa shape index (κ2) is 7.86. The van der Waals surface area contributed by atoms with E-state index in [0.717, 1.165) is 0 Å². The van der Waals surface area contributed by atoms with Crippen molar-refractivity contribution in [2.45, 2.75) is 4.90 Å². The highest BCUT2D eigenvalue weighted by Crippen LogP contribution is 2.26. The van der Waals surface area contributed by atoms with Gasteiger partial charge in [0.25, 0.3) is 0 Å². The molecule has 2 aromatic heterocycles. The number of hydrogen-bond donors (Lipinski definition) is 3. The Labute approximate surface area is 155 Å². The van der Waals surface area contributed by atoms with Gasteiger partial charge in [-0.25, -0.2) is 18.1 Å². The summed E-state index contributed by atoms with van der Waals surface area (Å²) in [6.45, 7) is 0.275. The van der Waals surface area contributed by atoms with Crippen molar-refractivity contribution in [2.75, 3.05) is 24.1 Å². The van der Waals surface area contributed by atoms with Crippen molar-refractivity contribution in [3.8, 4) is 17.5 Å². The maximum absolute atomic E-state index is 12.2. The van der Waals surface area contributed by atoms with Gasteiger partial charge in [-0.3, -0.25) is 0 Å². The number of sulfonamides is 1. The van der Waals surface area contributed by atoms with Crippen LogP contribution in [0.15, 0.2) is 58.0 Å².